The van der Waals surface area contributed by atoms with Crippen LogP contribution in [0.15, 0.2) is 0 Å². The molecule has 1 saturated heterocycles. The third kappa shape index (κ3) is 2.00. The van der Waals surface area contributed by atoms with E-state index in [4.69, 9.17) is 4.74 Å². The highest BCUT2D eigenvalue weighted by Crippen LogP contribution is 2.31. The van der Waals surface area contributed by atoms with Gasteiger partial charge in [-0.1, -0.05) is 0 Å². The molecule has 0 radical (unpaired) electrons. The van der Waals surface area contributed by atoms with Crippen molar-refractivity contribution in [2.75, 3.05) is 13.1 Å². The number of fused-ring (bicyclic) bond motifs is 1. The van der Waals surface area contributed by atoms with E-state index in [0.29, 0.717) is 12.1 Å². The molecule has 2 fully saturated rings. The predicted molar refractivity (Wildman–Crippen MR) is 53.1 cm³/mol. The fourth-order valence-corrected chi connectivity index (χ4v) is 1.83. The number of piperazine rings is 1. The van der Waals surface area contributed by atoms with Gasteiger partial charge in [0.05, 0.1) is 6.04 Å². The molecule has 2 rings (SSSR count). The third-order valence-electron chi connectivity index (χ3n) is 2.54. The lowest BCUT2D eigenvalue weighted by atomic mass is 10.2. The van der Waals surface area contributed by atoms with E-state index in [1.165, 1.54) is 0 Å². The van der Waals surface area contributed by atoms with Crippen LogP contribution in [-0.2, 0) is 4.74 Å². The molecule has 1 saturated carbocycles. The summed E-state index contributed by atoms with van der Waals surface area (Å²) >= 11 is 0. The SMILES string of the molecule is CC(C)(C)OC(=O)N1CCN[C@H]2C[C@@H]21. The van der Waals surface area contributed by atoms with Crippen LogP contribution in [0.3, 0.4) is 0 Å². The van der Waals surface area contributed by atoms with Crippen LogP contribution in [0.4, 0.5) is 4.79 Å². The minimum Gasteiger partial charge on any atom is -0.444 e. The van der Waals surface area contributed by atoms with E-state index in [9.17, 15) is 4.79 Å². The van der Waals surface area contributed by atoms with Gasteiger partial charge in [-0.15, -0.1) is 0 Å². The maximum absolute atomic E-state index is 11.7. The largest absolute Gasteiger partial charge is 0.444 e. The Labute approximate surface area is 84.6 Å². The Morgan fingerprint density at radius 2 is 2.21 bits per heavy atom. The summed E-state index contributed by atoms with van der Waals surface area (Å²) in [6.07, 6.45) is 0.922. The summed E-state index contributed by atoms with van der Waals surface area (Å²) in [5, 5.41) is 3.35. The molecule has 2 aliphatic rings. The van der Waals surface area contributed by atoms with Crippen molar-refractivity contribution in [3.63, 3.8) is 0 Å². The Balaban J connectivity index is 1.91. The maximum atomic E-state index is 11.7. The van der Waals surface area contributed by atoms with Gasteiger partial charge in [-0.25, -0.2) is 4.79 Å². The van der Waals surface area contributed by atoms with Gasteiger partial charge < -0.3 is 15.0 Å². The van der Waals surface area contributed by atoms with Crippen molar-refractivity contribution in [3.05, 3.63) is 0 Å². The minimum absolute atomic E-state index is 0.161. The molecule has 0 bridgehead atoms. The Bertz CT molecular complexity index is 247. The zero-order valence-corrected chi connectivity index (χ0v) is 9.04. The van der Waals surface area contributed by atoms with E-state index >= 15 is 0 Å². The van der Waals surface area contributed by atoms with Gasteiger partial charge in [0.1, 0.15) is 5.60 Å². The van der Waals surface area contributed by atoms with Gasteiger partial charge in [-0.3, -0.25) is 0 Å². The van der Waals surface area contributed by atoms with Crippen LogP contribution in [0.2, 0.25) is 0 Å². The van der Waals surface area contributed by atoms with Gasteiger partial charge >= 0.3 is 6.09 Å². The van der Waals surface area contributed by atoms with Gasteiger partial charge in [-0.05, 0) is 27.2 Å². The second-order valence-corrected chi connectivity index (χ2v) is 5.04. The average molecular weight is 198 g/mol. The van der Waals surface area contributed by atoms with E-state index in [1.807, 2.05) is 25.7 Å². The van der Waals surface area contributed by atoms with Crippen molar-refractivity contribution >= 4 is 6.09 Å². The highest BCUT2D eigenvalue weighted by molar-refractivity contribution is 5.69. The van der Waals surface area contributed by atoms with Crippen LogP contribution in [0.5, 0.6) is 0 Å². The number of rotatable bonds is 0. The normalized spacial score (nSPS) is 30.9. The number of carbonyl (C=O) groups is 1. The number of nitrogens with zero attached hydrogens (tertiary/aromatic N) is 1. The van der Waals surface area contributed by atoms with Crippen molar-refractivity contribution in [2.45, 2.75) is 44.9 Å². The molecule has 0 aromatic carbocycles. The molecule has 1 amide bonds. The first kappa shape index (κ1) is 9.77. The first-order chi connectivity index (χ1) is 6.47. The molecule has 0 aromatic heterocycles. The molecular weight excluding hydrogens is 180 g/mol. The van der Waals surface area contributed by atoms with Crippen LogP contribution < -0.4 is 5.32 Å². The van der Waals surface area contributed by atoms with Crippen LogP contribution in [0.1, 0.15) is 27.2 Å². The van der Waals surface area contributed by atoms with E-state index in [0.717, 1.165) is 19.5 Å². The number of nitrogens with one attached hydrogen (secondary N) is 1. The van der Waals surface area contributed by atoms with Crippen LogP contribution in [-0.4, -0.2) is 41.8 Å². The highest BCUT2D eigenvalue weighted by Gasteiger charge is 2.47. The summed E-state index contributed by atoms with van der Waals surface area (Å²) in [5.74, 6) is 0. The molecule has 1 aliphatic heterocycles. The van der Waals surface area contributed by atoms with Crippen LogP contribution >= 0.6 is 0 Å². The first-order valence-corrected chi connectivity index (χ1v) is 5.20. The topological polar surface area (TPSA) is 41.6 Å². The standard InChI is InChI=1S/C10H18N2O2/c1-10(2,3)14-9(13)12-5-4-11-7-6-8(7)12/h7-8,11H,4-6H2,1-3H3/t7-,8-/m0/s1. The number of ether oxygens (including phenoxy) is 1. The second kappa shape index (κ2) is 3.12. The number of hydrogen-bond acceptors (Lipinski definition) is 3. The van der Waals surface area contributed by atoms with Gasteiger partial charge in [0.15, 0.2) is 0 Å². The zero-order valence-electron chi connectivity index (χ0n) is 9.04. The molecule has 4 heteroatoms. The number of amides is 1. The van der Waals surface area contributed by atoms with Crippen LogP contribution in [0, 0.1) is 0 Å². The second-order valence-electron chi connectivity index (χ2n) is 5.04. The molecule has 14 heavy (non-hydrogen) atoms. The lowest BCUT2D eigenvalue weighted by Crippen LogP contribution is -2.48. The van der Waals surface area contributed by atoms with E-state index < -0.39 is 0 Å². The average Bonchev–Trinajstić information content (AvgIpc) is 2.77. The summed E-state index contributed by atoms with van der Waals surface area (Å²) < 4.78 is 5.33. The maximum Gasteiger partial charge on any atom is 0.410 e. The fourth-order valence-electron chi connectivity index (χ4n) is 1.83. The zero-order chi connectivity index (χ0) is 10.3. The van der Waals surface area contributed by atoms with E-state index in [-0.39, 0.29) is 11.7 Å². The first-order valence-electron chi connectivity index (χ1n) is 5.20. The Morgan fingerprint density at radius 3 is 2.86 bits per heavy atom. The molecule has 2 atom stereocenters. The number of hydrogen-bond donors (Lipinski definition) is 1. The summed E-state index contributed by atoms with van der Waals surface area (Å²) in [5.41, 5.74) is -0.383. The molecule has 1 heterocycles. The Kier molecular flexibility index (Phi) is 2.18. The number of carbonyl (C=O) groups excluding carboxylic acids is 1. The molecule has 1 aliphatic carbocycles. The molecule has 1 N–H and O–H groups in total. The van der Waals surface area contributed by atoms with E-state index in [1.54, 1.807) is 0 Å². The molecule has 0 aromatic rings. The van der Waals surface area contributed by atoms with Gasteiger partial charge in [0, 0.05) is 19.1 Å². The highest BCUT2D eigenvalue weighted by atomic mass is 16.6. The smallest absolute Gasteiger partial charge is 0.410 e. The molecule has 0 spiro atoms. The summed E-state index contributed by atoms with van der Waals surface area (Å²) in [6, 6.07) is 0.912. The lowest BCUT2D eigenvalue weighted by Gasteiger charge is -2.30. The molecule has 0 unspecified atom stereocenters. The van der Waals surface area contributed by atoms with Crippen LogP contribution in [0.25, 0.3) is 0 Å². The van der Waals surface area contributed by atoms with Crippen molar-refractivity contribution in [1.29, 1.82) is 0 Å². The summed E-state index contributed by atoms with van der Waals surface area (Å²) in [4.78, 5) is 13.6. The lowest BCUT2D eigenvalue weighted by molar-refractivity contribution is 0.0208. The minimum atomic E-state index is -0.383. The predicted octanol–water partition coefficient (Wildman–Crippen LogP) is 0.968. The van der Waals surface area contributed by atoms with Crippen molar-refractivity contribution in [2.24, 2.45) is 0 Å². The monoisotopic (exact) mass is 198 g/mol. The van der Waals surface area contributed by atoms with E-state index in [2.05, 4.69) is 5.32 Å². The van der Waals surface area contributed by atoms with Gasteiger partial charge in [0.25, 0.3) is 0 Å². The molecule has 80 valence electrons. The Hall–Kier alpha value is -0.770. The van der Waals surface area contributed by atoms with Gasteiger partial charge in [-0.2, -0.15) is 0 Å². The van der Waals surface area contributed by atoms with Crippen molar-refractivity contribution in [3.8, 4) is 0 Å². The van der Waals surface area contributed by atoms with Crippen molar-refractivity contribution < 1.29 is 9.53 Å². The Morgan fingerprint density at radius 1 is 1.50 bits per heavy atom. The fraction of sp³-hybridized carbons (Fsp3) is 0.900. The van der Waals surface area contributed by atoms with Crippen molar-refractivity contribution in [1.82, 2.24) is 10.2 Å². The molecular formula is C10H18N2O2. The summed E-state index contributed by atoms with van der Waals surface area (Å²) in [6.45, 7) is 7.36. The third-order valence-corrected chi connectivity index (χ3v) is 2.54. The summed E-state index contributed by atoms with van der Waals surface area (Å²) in [7, 11) is 0. The quantitative estimate of drug-likeness (QED) is 0.630. The van der Waals surface area contributed by atoms with Gasteiger partial charge in [0.2, 0.25) is 0 Å². The molecule has 4 nitrogen and oxygen atoms in total.